The van der Waals surface area contributed by atoms with Crippen molar-refractivity contribution in [2.75, 3.05) is 0 Å². The van der Waals surface area contributed by atoms with Gasteiger partial charge in [-0.25, -0.2) is 4.99 Å². The number of hydrogen-bond donors (Lipinski definition) is 0. The second-order valence-electron chi connectivity index (χ2n) is 9.66. The van der Waals surface area contributed by atoms with Crippen LogP contribution in [0.4, 0.5) is 4.39 Å². The quantitative estimate of drug-likeness (QED) is 0.313. The Balaban J connectivity index is 1.49. The van der Waals surface area contributed by atoms with Gasteiger partial charge in [0.2, 0.25) is 5.90 Å². The van der Waals surface area contributed by atoms with Gasteiger partial charge in [0.05, 0.1) is 5.54 Å². The Hall–Kier alpha value is -1.38. The van der Waals surface area contributed by atoms with E-state index >= 15 is 4.39 Å². The lowest BCUT2D eigenvalue weighted by atomic mass is 9.76. The number of hydrogen-bond acceptors (Lipinski definition) is 2. The zero-order valence-electron chi connectivity index (χ0n) is 19.1. The van der Waals surface area contributed by atoms with E-state index in [0.717, 1.165) is 44.1 Å². The molecular formula is C27H42FNO. The highest BCUT2D eigenvalue weighted by molar-refractivity contribution is 5.95. The molecule has 3 rings (SSSR count). The molecule has 3 heteroatoms. The van der Waals surface area contributed by atoms with Gasteiger partial charge in [0.1, 0.15) is 0 Å². The third-order valence-electron chi connectivity index (χ3n) is 6.92. The SMILES string of the molecule is CCCCCCCCCCCCC1(F)CC2(CCCCC2)N=C(c2ccccc2)O1. The summed E-state index contributed by atoms with van der Waals surface area (Å²) in [5.74, 6) is -1.04. The molecule has 2 nitrogen and oxygen atoms in total. The van der Waals surface area contributed by atoms with Crippen LogP contribution in [0, 0.1) is 0 Å². The highest BCUT2D eigenvalue weighted by Gasteiger charge is 2.48. The van der Waals surface area contributed by atoms with E-state index in [1.54, 1.807) is 0 Å². The maximum atomic E-state index is 16.0. The summed E-state index contributed by atoms with van der Waals surface area (Å²) in [4.78, 5) is 4.99. The van der Waals surface area contributed by atoms with Gasteiger partial charge < -0.3 is 4.74 Å². The topological polar surface area (TPSA) is 21.6 Å². The minimum Gasteiger partial charge on any atom is -0.440 e. The van der Waals surface area contributed by atoms with Gasteiger partial charge in [-0.3, -0.25) is 0 Å². The smallest absolute Gasteiger partial charge is 0.252 e. The summed E-state index contributed by atoms with van der Waals surface area (Å²) in [6, 6.07) is 9.91. The Kier molecular flexibility index (Phi) is 9.21. The molecule has 1 heterocycles. The Morgan fingerprint density at radius 3 is 2.07 bits per heavy atom. The van der Waals surface area contributed by atoms with E-state index in [4.69, 9.17) is 9.73 Å². The minimum absolute atomic E-state index is 0.255. The van der Waals surface area contributed by atoms with Crippen LogP contribution < -0.4 is 0 Å². The summed E-state index contributed by atoms with van der Waals surface area (Å²) >= 11 is 0. The first-order valence-corrected chi connectivity index (χ1v) is 12.7. The molecule has 0 bridgehead atoms. The minimum atomic E-state index is -1.57. The molecule has 1 aromatic carbocycles. The van der Waals surface area contributed by atoms with Crippen molar-refractivity contribution in [1.29, 1.82) is 0 Å². The van der Waals surface area contributed by atoms with E-state index in [9.17, 15) is 0 Å². The monoisotopic (exact) mass is 415 g/mol. The standard InChI is InChI=1S/C27H42FNO/c1-2-3-4-5-6-7-8-9-10-17-22-27(28)23-26(20-15-12-16-21-26)29-25(30-27)24-18-13-11-14-19-24/h11,13-14,18-19H,2-10,12,15-17,20-23H2,1H3. The molecule has 168 valence electrons. The Bertz CT molecular complexity index is 638. The Morgan fingerprint density at radius 2 is 1.43 bits per heavy atom. The lowest BCUT2D eigenvalue weighted by Gasteiger charge is -2.43. The predicted octanol–water partition coefficient (Wildman–Crippen LogP) is 8.53. The van der Waals surface area contributed by atoms with Crippen LogP contribution in [0.25, 0.3) is 0 Å². The predicted molar refractivity (Wildman–Crippen MR) is 125 cm³/mol. The molecule has 0 amide bonds. The first-order valence-electron chi connectivity index (χ1n) is 12.7. The summed E-state index contributed by atoms with van der Waals surface area (Å²) in [6.07, 6.45) is 19.1. The van der Waals surface area contributed by atoms with Gasteiger partial charge in [-0.05, 0) is 31.4 Å². The molecule has 0 aromatic heterocycles. The van der Waals surface area contributed by atoms with Gasteiger partial charge in [0, 0.05) is 18.4 Å². The fourth-order valence-electron chi connectivity index (χ4n) is 5.20. The average molecular weight is 416 g/mol. The molecule has 1 fully saturated rings. The zero-order chi connectivity index (χ0) is 21.1. The third-order valence-corrected chi connectivity index (χ3v) is 6.92. The van der Waals surface area contributed by atoms with Crippen molar-refractivity contribution in [1.82, 2.24) is 0 Å². The van der Waals surface area contributed by atoms with Crippen molar-refractivity contribution in [3.05, 3.63) is 35.9 Å². The number of nitrogens with zero attached hydrogens (tertiary/aromatic N) is 1. The van der Waals surface area contributed by atoms with Gasteiger partial charge >= 0.3 is 0 Å². The Morgan fingerprint density at radius 1 is 0.833 bits per heavy atom. The molecule has 1 aromatic rings. The van der Waals surface area contributed by atoms with Crippen LogP contribution in [0.1, 0.15) is 122 Å². The Labute approximate surface area is 183 Å². The fourth-order valence-corrected chi connectivity index (χ4v) is 5.20. The maximum Gasteiger partial charge on any atom is 0.252 e. The fraction of sp³-hybridized carbons (Fsp3) is 0.741. The van der Waals surface area contributed by atoms with Crippen molar-refractivity contribution in [3.63, 3.8) is 0 Å². The van der Waals surface area contributed by atoms with Crippen molar-refractivity contribution >= 4 is 5.90 Å². The van der Waals surface area contributed by atoms with Gasteiger partial charge in [0.15, 0.2) is 0 Å². The van der Waals surface area contributed by atoms with Crippen molar-refractivity contribution < 1.29 is 9.13 Å². The van der Waals surface area contributed by atoms with Crippen molar-refractivity contribution in [2.24, 2.45) is 4.99 Å². The van der Waals surface area contributed by atoms with Gasteiger partial charge in [0.25, 0.3) is 5.85 Å². The molecular weight excluding hydrogens is 373 g/mol. The molecule has 0 saturated heterocycles. The largest absolute Gasteiger partial charge is 0.440 e. The van der Waals surface area contributed by atoms with Crippen LogP contribution >= 0.6 is 0 Å². The van der Waals surface area contributed by atoms with Gasteiger partial charge in [-0.1, -0.05) is 102 Å². The van der Waals surface area contributed by atoms with Crippen LogP contribution in [0.3, 0.4) is 0 Å². The summed E-state index contributed by atoms with van der Waals surface area (Å²) in [5.41, 5.74) is 0.654. The highest BCUT2D eigenvalue weighted by atomic mass is 19.2. The molecule has 2 aliphatic rings. The van der Waals surface area contributed by atoms with Crippen molar-refractivity contribution in [3.8, 4) is 0 Å². The van der Waals surface area contributed by atoms with E-state index in [-0.39, 0.29) is 5.54 Å². The number of ether oxygens (including phenoxy) is 1. The lowest BCUT2D eigenvalue weighted by molar-refractivity contribution is -0.117. The van der Waals surface area contributed by atoms with E-state index in [2.05, 4.69) is 6.92 Å². The maximum absolute atomic E-state index is 16.0. The number of alkyl halides is 1. The van der Waals surface area contributed by atoms with Crippen LogP contribution in [0.15, 0.2) is 35.3 Å². The van der Waals surface area contributed by atoms with Crippen LogP contribution in [-0.2, 0) is 4.74 Å². The normalized spacial score (nSPS) is 23.2. The number of benzene rings is 1. The first kappa shape index (κ1) is 23.3. The second-order valence-corrected chi connectivity index (χ2v) is 9.66. The summed E-state index contributed by atoms with van der Waals surface area (Å²) in [7, 11) is 0. The average Bonchev–Trinajstić information content (AvgIpc) is 2.76. The van der Waals surface area contributed by atoms with E-state index in [0.29, 0.717) is 18.7 Å². The van der Waals surface area contributed by atoms with Gasteiger partial charge in [-0.2, -0.15) is 4.39 Å². The molecule has 30 heavy (non-hydrogen) atoms. The molecule has 1 aliphatic heterocycles. The molecule has 0 radical (unpaired) electrons. The number of aliphatic imine (C=N–C) groups is 1. The molecule has 1 unspecified atom stereocenters. The van der Waals surface area contributed by atoms with Crippen LogP contribution in [-0.4, -0.2) is 17.3 Å². The summed E-state index contributed by atoms with van der Waals surface area (Å²) < 4.78 is 21.9. The molecule has 1 spiro atoms. The van der Waals surface area contributed by atoms with E-state index < -0.39 is 5.85 Å². The van der Waals surface area contributed by atoms with Crippen LogP contribution in [0.5, 0.6) is 0 Å². The highest BCUT2D eigenvalue weighted by Crippen LogP contribution is 2.45. The lowest BCUT2D eigenvalue weighted by Crippen LogP contribution is -2.47. The number of rotatable bonds is 12. The second kappa shape index (κ2) is 11.9. The molecule has 0 N–H and O–H groups in total. The first-order chi connectivity index (χ1) is 14.6. The summed E-state index contributed by atoms with van der Waals surface area (Å²) in [6.45, 7) is 2.26. The molecule has 1 aliphatic carbocycles. The number of unbranched alkanes of at least 4 members (excludes halogenated alkanes) is 9. The zero-order valence-corrected chi connectivity index (χ0v) is 19.1. The van der Waals surface area contributed by atoms with Crippen LogP contribution in [0.2, 0.25) is 0 Å². The van der Waals surface area contributed by atoms with E-state index in [1.807, 2.05) is 30.3 Å². The number of halogens is 1. The third kappa shape index (κ3) is 7.10. The molecule has 1 saturated carbocycles. The molecule has 1 atom stereocenters. The van der Waals surface area contributed by atoms with Crippen molar-refractivity contribution in [2.45, 2.75) is 127 Å². The van der Waals surface area contributed by atoms with E-state index in [1.165, 1.54) is 57.8 Å². The summed E-state index contributed by atoms with van der Waals surface area (Å²) in [5, 5.41) is 0. The van der Waals surface area contributed by atoms with Gasteiger partial charge in [-0.15, -0.1) is 0 Å².